The van der Waals surface area contributed by atoms with Crippen LogP contribution in [0.25, 0.3) is 0 Å². The van der Waals surface area contributed by atoms with Gasteiger partial charge in [0.1, 0.15) is 11.6 Å². The molecule has 1 aliphatic heterocycles. The summed E-state index contributed by atoms with van der Waals surface area (Å²) in [7, 11) is 1.68. The molecule has 1 aromatic heterocycles. The SMILES string of the molecule is COc1ccc(C2c3cccn3CCCN2Cc2cccc(F)c2)cc1. The minimum Gasteiger partial charge on any atom is -0.497 e. The molecule has 0 spiro atoms. The molecule has 2 aromatic carbocycles. The summed E-state index contributed by atoms with van der Waals surface area (Å²) in [6.07, 6.45) is 3.22. The zero-order valence-electron chi connectivity index (χ0n) is 14.9. The topological polar surface area (TPSA) is 17.4 Å². The van der Waals surface area contributed by atoms with Crippen molar-refractivity contribution >= 4 is 0 Å². The summed E-state index contributed by atoms with van der Waals surface area (Å²) in [5.41, 5.74) is 3.51. The molecule has 26 heavy (non-hydrogen) atoms. The summed E-state index contributed by atoms with van der Waals surface area (Å²) in [6.45, 7) is 2.70. The smallest absolute Gasteiger partial charge is 0.123 e. The molecular formula is C22H23FN2O. The molecule has 4 rings (SSSR count). The van der Waals surface area contributed by atoms with Gasteiger partial charge in [-0.3, -0.25) is 4.90 Å². The molecule has 0 aliphatic carbocycles. The average Bonchev–Trinajstić information content (AvgIpc) is 3.04. The van der Waals surface area contributed by atoms with E-state index in [4.69, 9.17) is 4.74 Å². The van der Waals surface area contributed by atoms with Gasteiger partial charge >= 0.3 is 0 Å². The molecule has 0 N–H and O–H groups in total. The van der Waals surface area contributed by atoms with E-state index < -0.39 is 0 Å². The Labute approximate surface area is 153 Å². The van der Waals surface area contributed by atoms with Crippen molar-refractivity contribution in [2.75, 3.05) is 13.7 Å². The number of rotatable bonds is 4. The van der Waals surface area contributed by atoms with E-state index in [2.05, 4.69) is 39.9 Å². The van der Waals surface area contributed by atoms with Gasteiger partial charge < -0.3 is 9.30 Å². The molecule has 0 radical (unpaired) electrons. The Balaban J connectivity index is 1.72. The monoisotopic (exact) mass is 350 g/mol. The summed E-state index contributed by atoms with van der Waals surface area (Å²) in [6, 6.07) is 19.6. The Morgan fingerprint density at radius 1 is 1.04 bits per heavy atom. The molecule has 0 saturated heterocycles. The predicted molar refractivity (Wildman–Crippen MR) is 101 cm³/mol. The summed E-state index contributed by atoms with van der Waals surface area (Å²) >= 11 is 0. The Bertz CT molecular complexity index is 872. The number of benzene rings is 2. The lowest BCUT2D eigenvalue weighted by Gasteiger charge is -2.30. The van der Waals surface area contributed by atoms with Crippen molar-refractivity contribution in [3.63, 3.8) is 0 Å². The first-order chi connectivity index (χ1) is 12.7. The van der Waals surface area contributed by atoms with Gasteiger partial charge in [-0.2, -0.15) is 0 Å². The number of methoxy groups -OCH3 is 1. The van der Waals surface area contributed by atoms with E-state index in [-0.39, 0.29) is 11.9 Å². The second-order valence-corrected chi connectivity index (χ2v) is 6.76. The predicted octanol–water partition coefficient (Wildman–Crippen LogP) is 4.63. The molecule has 0 saturated carbocycles. The van der Waals surface area contributed by atoms with Crippen LogP contribution in [0, 0.1) is 5.82 Å². The quantitative estimate of drug-likeness (QED) is 0.682. The first-order valence-electron chi connectivity index (χ1n) is 9.02. The summed E-state index contributed by atoms with van der Waals surface area (Å²) < 4.78 is 21.3. The van der Waals surface area contributed by atoms with Crippen LogP contribution in [0.5, 0.6) is 5.75 Å². The van der Waals surface area contributed by atoms with Crippen LogP contribution < -0.4 is 4.74 Å². The van der Waals surface area contributed by atoms with Gasteiger partial charge in [0, 0.05) is 31.5 Å². The highest BCUT2D eigenvalue weighted by molar-refractivity contribution is 5.34. The zero-order chi connectivity index (χ0) is 17.9. The summed E-state index contributed by atoms with van der Waals surface area (Å²) in [5, 5.41) is 0. The normalized spacial score (nSPS) is 17.5. The molecule has 1 unspecified atom stereocenters. The molecule has 0 bridgehead atoms. The van der Waals surface area contributed by atoms with Crippen molar-refractivity contribution in [1.29, 1.82) is 0 Å². The number of hydrogen-bond donors (Lipinski definition) is 0. The molecular weight excluding hydrogens is 327 g/mol. The third kappa shape index (κ3) is 3.37. The fourth-order valence-electron chi connectivity index (χ4n) is 3.85. The molecule has 134 valence electrons. The zero-order valence-corrected chi connectivity index (χ0v) is 14.9. The lowest BCUT2D eigenvalue weighted by Crippen LogP contribution is -2.29. The van der Waals surface area contributed by atoms with Gasteiger partial charge in [-0.1, -0.05) is 24.3 Å². The number of nitrogens with zero attached hydrogens (tertiary/aromatic N) is 2. The highest BCUT2D eigenvalue weighted by atomic mass is 19.1. The number of aromatic nitrogens is 1. The van der Waals surface area contributed by atoms with Crippen molar-refractivity contribution in [2.24, 2.45) is 0 Å². The summed E-state index contributed by atoms with van der Waals surface area (Å²) in [5.74, 6) is 0.677. The van der Waals surface area contributed by atoms with Crippen LogP contribution in [-0.4, -0.2) is 23.1 Å². The highest BCUT2D eigenvalue weighted by Gasteiger charge is 2.27. The van der Waals surface area contributed by atoms with Crippen LogP contribution in [0.15, 0.2) is 66.9 Å². The van der Waals surface area contributed by atoms with Gasteiger partial charge in [0.25, 0.3) is 0 Å². The van der Waals surface area contributed by atoms with Gasteiger partial charge in [0.05, 0.1) is 13.2 Å². The number of fused-ring (bicyclic) bond motifs is 1. The van der Waals surface area contributed by atoms with Crippen LogP contribution in [0.2, 0.25) is 0 Å². The fourth-order valence-corrected chi connectivity index (χ4v) is 3.85. The maximum atomic E-state index is 13.7. The summed E-state index contributed by atoms with van der Waals surface area (Å²) in [4.78, 5) is 2.44. The Kier molecular flexibility index (Phi) is 4.76. The maximum Gasteiger partial charge on any atom is 0.123 e. The van der Waals surface area contributed by atoms with E-state index in [1.54, 1.807) is 19.2 Å². The van der Waals surface area contributed by atoms with Crippen LogP contribution in [0.4, 0.5) is 4.39 Å². The van der Waals surface area contributed by atoms with Crippen LogP contribution >= 0.6 is 0 Å². The van der Waals surface area contributed by atoms with Gasteiger partial charge in [0.2, 0.25) is 0 Å². The van der Waals surface area contributed by atoms with Crippen molar-refractivity contribution in [3.05, 3.63) is 89.5 Å². The van der Waals surface area contributed by atoms with E-state index in [1.807, 2.05) is 18.2 Å². The largest absolute Gasteiger partial charge is 0.497 e. The standard InChI is InChI=1S/C22H23FN2O/c1-26-20-10-8-18(9-11-20)22-21-7-3-12-24(21)13-4-14-25(22)16-17-5-2-6-19(23)15-17/h2-3,5-12,15,22H,4,13-14,16H2,1H3. The average molecular weight is 350 g/mol. The van der Waals surface area contributed by atoms with E-state index in [9.17, 15) is 4.39 Å². The molecule has 1 atom stereocenters. The van der Waals surface area contributed by atoms with Gasteiger partial charge in [0.15, 0.2) is 0 Å². The molecule has 0 fully saturated rings. The molecule has 2 heterocycles. The third-order valence-electron chi connectivity index (χ3n) is 5.06. The van der Waals surface area contributed by atoms with E-state index in [0.717, 1.165) is 37.4 Å². The Hall–Kier alpha value is -2.59. The Morgan fingerprint density at radius 3 is 2.65 bits per heavy atom. The minimum absolute atomic E-state index is 0.140. The van der Waals surface area contributed by atoms with E-state index in [0.29, 0.717) is 0 Å². The van der Waals surface area contributed by atoms with Gasteiger partial charge in [-0.15, -0.1) is 0 Å². The van der Waals surface area contributed by atoms with Gasteiger partial charge in [-0.05, 0) is 53.9 Å². The lowest BCUT2D eigenvalue weighted by molar-refractivity contribution is 0.220. The number of ether oxygens (including phenoxy) is 1. The maximum absolute atomic E-state index is 13.7. The van der Waals surface area contributed by atoms with Crippen LogP contribution in [0.3, 0.4) is 0 Å². The molecule has 4 heteroatoms. The van der Waals surface area contributed by atoms with E-state index in [1.165, 1.54) is 17.3 Å². The van der Waals surface area contributed by atoms with E-state index >= 15 is 0 Å². The number of aryl methyl sites for hydroxylation is 1. The molecule has 1 aliphatic rings. The Morgan fingerprint density at radius 2 is 1.88 bits per heavy atom. The minimum atomic E-state index is -0.179. The van der Waals surface area contributed by atoms with Crippen LogP contribution in [-0.2, 0) is 13.1 Å². The highest BCUT2D eigenvalue weighted by Crippen LogP contribution is 2.33. The lowest BCUT2D eigenvalue weighted by atomic mass is 10.0. The fraction of sp³-hybridized carbons (Fsp3) is 0.273. The molecule has 3 aromatic rings. The number of hydrogen-bond acceptors (Lipinski definition) is 2. The number of halogens is 1. The van der Waals surface area contributed by atoms with Crippen molar-refractivity contribution in [3.8, 4) is 5.75 Å². The third-order valence-corrected chi connectivity index (χ3v) is 5.06. The first kappa shape index (κ1) is 16.9. The molecule has 0 amide bonds. The second kappa shape index (κ2) is 7.34. The van der Waals surface area contributed by atoms with Crippen LogP contribution in [0.1, 0.15) is 29.3 Å². The van der Waals surface area contributed by atoms with Gasteiger partial charge in [-0.25, -0.2) is 4.39 Å². The molecule has 3 nitrogen and oxygen atoms in total. The van der Waals surface area contributed by atoms with Crippen molar-refractivity contribution in [1.82, 2.24) is 9.47 Å². The van der Waals surface area contributed by atoms with Crippen molar-refractivity contribution in [2.45, 2.75) is 25.6 Å². The van der Waals surface area contributed by atoms with Crippen molar-refractivity contribution < 1.29 is 9.13 Å². The first-order valence-corrected chi connectivity index (χ1v) is 9.02. The second-order valence-electron chi connectivity index (χ2n) is 6.76.